The van der Waals surface area contributed by atoms with Gasteiger partial charge in [-0.1, -0.05) is 43.7 Å². The summed E-state index contributed by atoms with van der Waals surface area (Å²) in [6, 6.07) is 10.8. The van der Waals surface area contributed by atoms with E-state index in [0.29, 0.717) is 19.4 Å². The summed E-state index contributed by atoms with van der Waals surface area (Å²) in [5, 5.41) is 2.99. The monoisotopic (exact) mass is 402 g/mol. The van der Waals surface area contributed by atoms with E-state index < -0.39 is 10.0 Å². The normalized spacial score (nSPS) is 11.6. The lowest BCUT2D eigenvalue weighted by molar-refractivity contribution is -0.116. The number of hydrogen-bond acceptors (Lipinski definition) is 3. The fraction of sp³-hybridized carbons (Fsp3) is 0.409. The molecule has 0 bridgehead atoms. The Bertz CT molecular complexity index is 910. The third kappa shape index (κ3) is 6.17. The smallest absolute Gasteiger partial charge is 0.240 e. The Labute approximate surface area is 168 Å². The van der Waals surface area contributed by atoms with Crippen LogP contribution in [0.2, 0.25) is 0 Å². The SMILES string of the molecule is Cc1cc(C)c(NC(=O)CCc2ccc(S(=O)(=O)NCC(C)C)cc2)c(C)c1. The van der Waals surface area contributed by atoms with Gasteiger partial charge in [0.1, 0.15) is 0 Å². The van der Waals surface area contributed by atoms with E-state index in [1.54, 1.807) is 24.3 Å². The predicted octanol–water partition coefficient (Wildman–Crippen LogP) is 4.12. The van der Waals surface area contributed by atoms with Gasteiger partial charge in [-0.25, -0.2) is 13.1 Å². The Morgan fingerprint density at radius 2 is 1.57 bits per heavy atom. The lowest BCUT2D eigenvalue weighted by Gasteiger charge is -2.13. The largest absolute Gasteiger partial charge is 0.326 e. The van der Waals surface area contributed by atoms with Gasteiger partial charge >= 0.3 is 0 Å². The van der Waals surface area contributed by atoms with Gasteiger partial charge in [0.2, 0.25) is 15.9 Å². The first-order valence-electron chi connectivity index (χ1n) is 9.55. The van der Waals surface area contributed by atoms with Crippen molar-refractivity contribution >= 4 is 21.6 Å². The highest BCUT2D eigenvalue weighted by atomic mass is 32.2. The summed E-state index contributed by atoms with van der Waals surface area (Å²) in [4.78, 5) is 12.6. The van der Waals surface area contributed by atoms with Crippen molar-refractivity contribution in [1.29, 1.82) is 0 Å². The summed E-state index contributed by atoms with van der Waals surface area (Å²) in [7, 11) is -3.49. The van der Waals surface area contributed by atoms with E-state index in [9.17, 15) is 13.2 Å². The number of anilines is 1. The lowest BCUT2D eigenvalue weighted by Crippen LogP contribution is -2.27. The molecule has 0 radical (unpaired) electrons. The highest BCUT2D eigenvalue weighted by Crippen LogP contribution is 2.22. The lowest BCUT2D eigenvalue weighted by atomic mass is 10.0. The van der Waals surface area contributed by atoms with Gasteiger partial charge in [-0.2, -0.15) is 0 Å². The van der Waals surface area contributed by atoms with Gasteiger partial charge in [0.15, 0.2) is 0 Å². The molecule has 0 aliphatic heterocycles. The molecule has 1 amide bonds. The second-order valence-electron chi connectivity index (χ2n) is 7.71. The minimum absolute atomic E-state index is 0.0506. The Morgan fingerprint density at radius 1 is 1.00 bits per heavy atom. The molecule has 0 saturated heterocycles. The van der Waals surface area contributed by atoms with Crippen molar-refractivity contribution in [3.05, 3.63) is 58.7 Å². The predicted molar refractivity (Wildman–Crippen MR) is 114 cm³/mol. The standard InChI is InChI=1S/C22H30N2O3S/c1-15(2)14-23-28(26,27)20-9-6-19(7-10-20)8-11-21(25)24-22-17(4)12-16(3)13-18(22)5/h6-7,9-10,12-13,15,23H,8,11,14H2,1-5H3,(H,24,25). The minimum Gasteiger partial charge on any atom is -0.326 e. The topological polar surface area (TPSA) is 75.3 Å². The molecule has 2 aromatic carbocycles. The van der Waals surface area contributed by atoms with Crippen molar-refractivity contribution in [2.45, 2.75) is 52.4 Å². The summed E-state index contributed by atoms with van der Waals surface area (Å²) < 4.78 is 27.1. The highest BCUT2D eigenvalue weighted by Gasteiger charge is 2.14. The van der Waals surface area contributed by atoms with Crippen LogP contribution in [0, 0.1) is 26.7 Å². The van der Waals surface area contributed by atoms with Crippen LogP contribution in [0.4, 0.5) is 5.69 Å². The van der Waals surface area contributed by atoms with Gasteiger partial charge in [-0.3, -0.25) is 4.79 Å². The molecule has 0 heterocycles. The zero-order valence-electron chi connectivity index (χ0n) is 17.3. The maximum Gasteiger partial charge on any atom is 0.240 e. The average Bonchev–Trinajstić information content (AvgIpc) is 2.62. The van der Waals surface area contributed by atoms with Crippen LogP contribution in [0.15, 0.2) is 41.3 Å². The van der Waals surface area contributed by atoms with Crippen LogP contribution in [0.3, 0.4) is 0 Å². The number of hydrogen-bond donors (Lipinski definition) is 2. The third-order valence-corrected chi connectivity index (χ3v) is 5.94. The number of nitrogens with one attached hydrogen (secondary N) is 2. The average molecular weight is 403 g/mol. The van der Waals surface area contributed by atoms with Crippen LogP contribution in [0.5, 0.6) is 0 Å². The fourth-order valence-electron chi connectivity index (χ4n) is 3.03. The van der Waals surface area contributed by atoms with E-state index in [4.69, 9.17) is 0 Å². The van der Waals surface area contributed by atoms with Gasteiger partial charge in [0.25, 0.3) is 0 Å². The summed E-state index contributed by atoms with van der Waals surface area (Å²) in [6.07, 6.45) is 0.889. The molecule has 0 aliphatic rings. The molecule has 2 aromatic rings. The number of rotatable bonds is 8. The van der Waals surface area contributed by atoms with Crippen LogP contribution in [0.1, 0.15) is 42.5 Å². The van der Waals surface area contributed by atoms with Gasteiger partial charge in [-0.05, 0) is 61.9 Å². The first-order chi connectivity index (χ1) is 13.1. The molecule has 0 spiro atoms. The molecule has 0 fully saturated rings. The van der Waals surface area contributed by atoms with Gasteiger partial charge in [0, 0.05) is 18.7 Å². The van der Waals surface area contributed by atoms with Crippen molar-refractivity contribution in [3.63, 3.8) is 0 Å². The van der Waals surface area contributed by atoms with E-state index >= 15 is 0 Å². The van der Waals surface area contributed by atoms with Gasteiger partial charge in [-0.15, -0.1) is 0 Å². The molecule has 0 aliphatic carbocycles. The number of carbonyl (C=O) groups is 1. The third-order valence-electron chi connectivity index (χ3n) is 4.50. The zero-order chi connectivity index (χ0) is 20.9. The van der Waals surface area contributed by atoms with Crippen molar-refractivity contribution in [2.75, 3.05) is 11.9 Å². The number of benzene rings is 2. The number of aryl methyl sites for hydroxylation is 4. The van der Waals surface area contributed by atoms with E-state index in [1.807, 2.05) is 34.6 Å². The van der Waals surface area contributed by atoms with Crippen LogP contribution in [0.25, 0.3) is 0 Å². The van der Waals surface area contributed by atoms with Crippen LogP contribution in [-0.4, -0.2) is 20.9 Å². The first kappa shape index (κ1) is 22.1. The van der Waals surface area contributed by atoms with Crippen LogP contribution < -0.4 is 10.0 Å². The number of carbonyl (C=O) groups excluding carboxylic acids is 1. The number of amides is 1. The van der Waals surface area contributed by atoms with Crippen molar-refractivity contribution in [1.82, 2.24) is 4.72 Å². The zero-order valence-corrected chi connectivity index (χ0v) is 18.1. The van der Waals surface area contributed by atoms with E-state index in [0.717, 1.165) is 22.4 Å². The Balaban J connectivity index is 1.95. The van der Waals surface area contributed by atoms with Crippen molar-refractivity contribution in [2.24, 2.45) is 5.92 Å². The Morgan fingerprint density at radius 3 is 2.11 bits per heavy atom. The molecule has 28 heavy (non-hydrogen) atoms. The van der Waals surface area contributed by atoms with E-state index in [2.05, 4.69) is 22.2 Å². The van der Waals surface area contributed by atoms with Crippen LogP contribution >= 0.6 is 0 Å². The van der Waals surface area contributed by atoms with E-state index in [1.165, 1.54) is 5.56 Å². The van der Waals surface area contributed by atoms with Crippen molar-refractivity contribution < 1.29 is 13.2 Å². The first-order valence-corrected chi connectivity index (χ1v) is 11.0. The van der Waals surface area contributed by atoms with Crippen molar-refractivity contribution in [3.8, 4) is 0 Å². The van der Waals surface area contributed by atoms with Gasteiger partial charge < -0.3 is 5.32 Å². The molecule has 5 nitrogen and oxygen atoms in total. The molecule has 0 atom stereocenters. The molecule has 0 saturated carbocycles. The molecular formula is C22H30N2O3S. The number of sulfonamides is 1. The fourth-order valence-corrected chi connectivity index (χ4v) is 4.25. The second-order valence-corrected chi connectivity index (χ2v) is 9.48. The summed E-state index contributed by atoms with van der Waals surface area (Å²) >= 11 is 0. The molecule has 0 aromatic heterocycles. The Kier molecular flexibility index (Phi) is 7.38. The summed E-state index contributed by atoms with van der Waals surface area (Å²) in [5.41, 5.74) is 5.07. The molecule has 0 unspecified atom stereocenters. The maximum atomic E-state index is 12.3. The molecular weight excluding hydrogens is 372 g/mol. The Hall–Kier alpha value is -2.18. The summed E-state index contributed by atoms with van der Waals surface area (Å²) in [6.45, 7) is 10.3. The highest BCUT2D eigenvalue weighted by molar-refractivity contribution is 7.89. The maximum absolute atomic E-state index is 12.3. The molecule has 6 heteroatoms. The molecule has 2 N–H and O–H groups in total. The van der Waals surface area contributed by atoms with Gasteiger partial charge in [0.05, 0.1) is 4.90 Å². The molecule has 2 rings (SSSR count). The second kappa shape index (κ2) is 9.34. The van der Waals surface area contributed by atoms with E-state index in [-0.39, 0.29) is 16.7 Å². The minimum atomic E-state index is -3.49. The molecule has 152 valence electrons. The van der Waals surface area contributed by atoms with Crippen LogP contribution in [-0.2, 0) is 21.2 Å². The summed E-state index contributed by atoms with van der Waals surface area (Å²) in [5.74, 6) is 0.193. The quantitative estimate of drug-likeness (QED) is 0.697.